The fraction of sp³-hybridized carbons (Fsp3) is 0.462. The average Bonchev–Trinajstić information content (AvgIpc) is 2.36. The minimum atomic E-state index is -0.321. The van der Waals surface area contributed by atoms with Crippen molar-refractivity contribution in [2.75, 3.05) is 7.11 Å². The van der Waals surface area contributed by atoms with Crippen LogP contribution in [0, 0.1) is 5.92 Å². The number of carbonyl (C=O) groups is 1. The first-order valence-electron chi connectivity index (χ1n) is 5.54. The molecule has 0 aliphatic carbocycles. The molecule has 3 nitrogen and oxygen atoms in total. The largest absolute Gasteiger partial charge is 0.465 e. The van der Waals surface area contributed by atoms with Crippen LogP contribution in [0.15, 0.2) is 24.3 Å². The number of esters is 1. The van der Waals surface area contributed by atoms with Gasteiger partial charge in [0.05, 0.1) is 12.7 Å². The Morgan fingerprint density at radius 1 is 1.50 bits per heavy atom. The highest BCUT2D eigenvalue weighted by atomic mass is 16.5. The molecule has 0 saturated carbocycles. The van der Waals surface area contributed by atoms with Gasteiger partial charge in [0.25, 0.3) is 0 Å². The van der Waals surface area contributed by atoms with E-state index < -0.39 is 0 Å². The van der Waals surface area contributed by atoms with Crippen LogP contribution in [0.5, 0.6) is 0 Å². The fourth-order valence-electron chi connectivity index (χ4n) is 1.57. The van der Waals surface area contributed by atoms with Crippen LogP contribution in [0.1, 0.15) is 42.2 Å². The lowest BCUT2D eigenvalue weighted by Crippen LogP contribution is -2.19. The van der Waals surface area contributed by atoms with Crippen molar-refractivity contribution < 1.29 is 9.53 Å². The van der Waals surface area contributed by atoms with E-state index in [0.29, 0.717) is 11.5 Å². The molecule has 0 radical (unpaired) electrons. The van der Waals surface area contributed by atoms with Crippen LogP contribution in [0.4, 0.5) is 0 Å². The van der Waals surface area contributed by atoms with Crippen LogP contribution in [-0.4, -0.2) is 13.1 Å². The molecule has 0 aromatic heterocycles. The molecule has 3 heteroatoms. The monoisotopic (exact) mass is 221 g/mol. The average molecular weight is 221 g/mol. The van der Waals surface area contributed by atoms with Crippen LogP contribution in [0.2, 0.25) is 0 Å². The van der Waals surface area contributed by atoms with Crippen LogP contribution >= 0.6 is 0 Å². The molecule has 0 bridgehead atoms. The van der Waals surface area contributed by atoms with E-state index in [1.54, 1.807) is 6.07 Å². The van der Waals surface area contributed by atoms with Gasteiger partial charge in [0.15, 0.2) is 0 Å². The summed E-state index contributed by atoms with van der Waals surface area (Å²) in [4.78, 5) is 11.4. The van der Waals surface area contributed by atoms with Gasteiger partial charge in [0.2, 0.25) is 0 Å². The predicted octanol–water partition coefficient (Wildman–Crippen LogP) is 2.52. The molecule has 2 atom stereocenters. The van der Waals surface area contributed by atoms with Gasteiger partial charge in [0.1, 0.15) is 0 Å². The van der Waals surface area contributed by atoms with E-state index in [9.17, 15) is 4.79 Å². The highest BCUT2D eigenvalue weighted by Crippen LogP contribution is 2.22. The molecule has 0 fully saturated rings. The third-order valence-electron chi connectivity index (χ3n) is 2.95. The first kappa shape index (κ1) is 12.7. The molecule has 1 aromatic carbocycles. The van der Waals surface area contributed by atoms with E-state index in [2.05, 4.69) is 18.6 Å². The Kier molecular flexibility index (Phi) is 4.50. The molecule has 0 amide bonds. The van der Waals surface area contributed by atoms with Crippen molar-refractivity contribution in [3.05, 3.63) is 35.4 Å². The van der Waals surface area contributed by atoms with Crippen LogP contribution in [-0.2, 0) is 4.74 Å². The Bertz CT molecular complexity index is 363. The molecule has 1 unspecified atom stereocenters. The summed E-state index contributed by atoms with van der Waals surface area (Å²) in [6.07, 6.45) is 1.02. The van der Waals surface area contributed by atoms with Crippen LogP contribution in [0.3, 0.4) is 0 Å². The predicted molar refractivity (Wildman–Crippen MR) is 64.2 cm³/mol. The summed E-state index contributed by atoms with van der Waals surface area (Å²) in [5.74, 6) is 0.0751. The lowest BCUT2D eigenvalue weighted by molar-refractivity contribution is 0.0600. The van der Waals surface area contributed by atoms with E-state index >= 15 is 0 Å². The normalized spacial score (nSPS) is 14.2. The maximum atomic E-state index is 11.4. The molecule has 16 heavy (non-hydrogen) atoms. The van der Waals surface area contributed by atoms with Crippen molar-refractivity contribution in [3.8, 4) is 0 Å². The number of rotatable bonds is 4. The Morgan fingerprint density at radius 2 is 2.19 bits per heavy atom. The Balaban J connectivity index is 2.94. The van der Waals surface area contributed by atoms with E-state index in [-0.39, 0.29) is 12.0 Å². The van der Waals surface area contributed by atoms with E-state index in [1.807, 2.05) is 18.2 Å². The first-order chi connectivity index (χ1) is 7.60. The van der Waals surface area contributed by atoms with Crippen molar-refractivity contribution in [1.82, 2.24) is 0 Å². The van der Waals surface area contributed by atoms with Gasteiger partial charge in [-0.25, -0.2) is 4.79 Å². The number of methoxy groups -OCH3 is 1. The summed E-state index contributed by atoms with van der Waals surface area (Å²) in [6, 6.07) is 7.30. The van der Waals surface area contributed by atoms with Gasteiger partial charge in [0, 0.05) is 6.04 Å². The summed E-state index contributed by atoms with van der Waals surface area (Å²) >= 11 is 0. The summed E-state index contributed by atoms with van der Waals surface area (Å²) in [6.45, 7) is 4.21. The highest BCUT2D eigenvalue weighted by molar-refractivity contribution is 5.89. The number of carbonyl (C=O) groups excluding carboxylic acids is 1. The minimum absolute atomic E-state index is 0.0328. The summed E-state index contributed by atoms with van der Waals surface area (Å²) in [7, 11) is 1.38. The molecule has 1 rings (SSSR count). The zero-order chi connectivity index (χ0) is 12.1. The van der Waals surface area contributed by atoms with Gasteiger partial charge in [-0.15, -0.1) is 0 Å². The Morgan fingerprint density at radius 3 is 2.75 bits per heavy atom. The number of nitrogens with two attached hydrogens (primary N) is 1. The van der Waals surface area contributed by atoms with Gasteiger partial charge < -0.3 is 10.5 Å². The number of benzene rings is 1. The fourth-order valence-corrected chi connectivity index (χ4v) is 1.57. The van der Waals surface area contributed by atoms with Gasteiger partial charge in [-0.3, -0.25) is 0 Å². The van der Waals surface area contributed by atoms with Crippen LogP contribution in [0.25, 0.3) is 0 Å². The Labute approximate surface area is 96.6 Å². The van der Waals surface area contributed by atoms with Crippen molar-refractivity contribution in [3.63, 3.8) is 0 Å². The lowest BCUT2D eigenvalue weighted by atomic mass is 9.92. The molecule has 0 spiro atoms. The topological polar surface area (TPSA) is 52.3 Å². The SMILES string of the molecule is CCC(C)[C@@H](N)c1cccc(C(=O)OC)c1. The number of hydrogen-bond donors (Lipinski definition) is 1. The summed E-state index contributed by atoms with van der Waals surface area (Å²) in [5.41, 5.74) is 7.65. The summed E-state index contributed by atoms with van der Waals surface area (Å²) < 4.78 is 4.68. The molecular weight excluding hydrogens is 202 g/mol. The van der Waals surface area contributed by atoms with E-state index in [1.165, 1.54) is 7.11 Å². The first-order valence-corrected chi connectivity index (χ1v) is 5.54. The molecule has 2 N–H and O–H groups in total. The van der Waals surface area contributed by atoms with Gasteiger partial charge >= 0.3 is 5.97 Å². The standard InChI is InChI=1S/C13H19NO2/c1-4-9(2)12(14)10-6-5-7-11(8-10)13(15)16-3/h5-9,12H,4,14H2,1-3H3/t9?,12-/m1/s1. The summed E-state index contributed by atoms with van der Waals surface area (Å²) in [5, 5.41) is 0. The molecule has 0 heterocycles. The highest BCUT2D eigenvalue weighted by Gasteiger charge is 2.14. The zero-order valence-electron chi connectivity index (χ0n) is 10.1. The Hall–Kier alpha value is -1.35. The molecule has 88 valence electrons. The van der Waals surface area contributed by atoms with Crippen molar-refractivity contribution in [2.24, 2.45) is 11.7 Å². The molecule has 1 aromatic rings. The minimum Gasteiger partial charge on any atom is -0.465 e. The van der Waals surface area contributed by atoms with Gasteiger partial charge in [-0.2, -0.15) is 0 Å². The molecule has 0 aliphatic heterocycles. The maximum Gasteiger partial charge on any atom is 0.337 e. The number of hydrogen-bond acceptors (Lipinski definition) is 3. The lowest BCUT2D eigenvalue weighted by Gasteiger charge is -2.19. The second-order valence-electron chi connectivity index (χ2n) is 4.03. The molecule has 0 saturated heterocycles. The van der Waals surface area contributed by atoms with E-state index in [4.69, 9.17) is 5.73 Å². The third-order valence-corrected chi connectivity index (χ3v) is 2.95. The molecule has 0 aliphatic rings. The smallest absolute Gasteiger partial charge is 0.337 e. The quantitative estimate of drug-likeness (QED) is 0.795. The third kappa shape index (κ3) is 2.83. The van der Waals surface area contributed by atoms with E-state index in [0.717, 1.165) is 12.0 Å². The van der Waals surface area contributed by atoms with Crippen molar-refractivity contribution in [2.45, 2.75) is 26.3 Å². The van der Waals surface area contributed by atoms with Gasteiger partial charge in [-0.05, 0) is 23.6 Å². The zero-order valence-corrected chi connectivity index (χ0v) is 10.1. The van der Waals surface area contributed by atoms with Crippen LogP contribution < -0.4 is 5.73 Å². The van der Waals surface area contributed by atoms with Gasteiger partial charge in [-0.1, -0.05) is 32.4 Å². The second kappa shape index (κ2) is 5.66. The maximum absolute atomic E-state index is 11.4. The molecular formula is C13H19NO2. The van der Waals surface area contributed by atoms with Crippen molar-refractivity contribution >= 4 is 5.97 Å². The van der Waals surface area contributed by atoms with Crippen molar-refractivity contribution in [1.29, 1.82) is 0 Å². The number of ether oxygens (including phenoxy) is 1. The second-order valence-corrected chi connectivity index (χ2v) is 4.03.